The molecule has 0 saturated carbocycles. The van der Waals surface area contributed by atoms with Crippen molar-refractivity contribution in [1.29, 1.82) is 0 Å². The number of aryl methyl sites for hydroxylation is 1. The molecule has 0 fully saturated rings. The van der Waals surface area contributed by atoms with Gasteiger partial charge in [-0.05, 0) is 35.8 Å². The number of aliphatic imine (C=N–C) groups is 1. The van der Waals surface area contributed by atoms with E-state index >= 15 is 0 Å². The van der Waals surface area contributed by atoms with Crippen molar-refractivity contribution in [3.8, 4) is 5.88 Å². The van der Waals surface area contributed by atoms with Crippen molar-refractivity contribution in [2.24, 2.45) is 4.99 Å². The molecule has 0 aliphatic carbocycles. The van der Waals surface area contributed by atoms with Crippen LogP contribution in [-0.4, -0.2) is 56.9 Å². The van der Waals surface area contributed by atoms with Gasteiger partial charge in [-0.2, -0.15) is 0 Å². The fourth-order valence-electron chi connectivity index (χ4n) is 1.36. The molecular formula is C14H22BrN3O3. The van der Waals surface area contributed by atoms with Gasteiger partial charge in [-0.3, -0.25) is 0 Å². The van der Waals surface area contributed by atoms with E-state index in [4.69, 9.17) is 14.2 Å². The van der Waals surface area contributed by atoms with Gasteiger partial charge in [0, 0.05) is 20.7 Å². The van der Waals surface area contributed by atoms with E-state index in [0.29, 0.717) is 19.1 Å². The minimum absolute atomic E-state index is 0.260. The molecule has 0 unspecified atom stereocenters. The van der Waals surface area contributed by atoms with E-state index in [1.165, 1.54) is 0 Å². The minimum Gasteiger partial charge on any atom is -0.474 e. The first kappa shape index (κ1) is 17.9. The maximum Gasteiger partial charge on any atom is 0.228 e. The maximum atomic E-state index is 5.57. The monoisotopic (exact) mass is 359 g/mol. The molecule has 0 saturated heterocycles. The third kappa shape index (κ3) is 6.41. The van der Waals surface area contributed by atoms with Gasteiger partial charge in [0.1, 0.15) is 13.4 Å². The van der Waals surface area contributed by atoms with Crippen molar-refractivity contribution in [2.75, 3.05) is 40.7 Å². The van der Waals surface area contributed by atoms with E-state index in [1.54, 1.807) is 13.4 Å². The SMILES string of the molecule is CCN(C)/C=N/c1cc(Br)c(OCCOCOC)nc1C. The Morgan fingerprint density at radius 1 is 1.43 bits per heavy atom. The zero-order chi connectivity index (χ0) is 15.7. The number of aromatic nitrogens is 1. The molecule has 6 nitrogen and oxygen atoms in total. The van der Waals surface area contributed by atoms with E-state index in [2.05, 4.69) is 32.8 Å². The molecule has 7 heteroatoms. The second-order valence-electron chi connectivity index (χ2n) is 4.36. The van der Waals surface area contributed by atoms with Gasteiger partial charge in [0.05, 0.1) is 28.8 Å². The third-order valence-corrected chi connectivity index (χ3v) is 3.24. The van der Waals surface area contributed by atoms with Gasteiger partial charge in [0.25, 0.3) is 0 Å². The first-order valence-electron chi connectivity index (χ1n) is 6.69. The van der Waals surface area contributed by atoms with Crippen LogP contribution in [0, 0.1) is 6.92 Å². The predicted molar refractivity (Wildman–Crippen MR) is 86.5 cm³/mol. The lowest BCUT2D eigenvalue weighted by molar-refractivity contribution is -0.0391. The highest BCUT2D eigenvalue weighted by Gasteiger charge is 2.08. The van der Waals surface area contributed by atoms with Gasteiger partial charge in [-0.25, -0.2) is 9.98 Å². The number of ether oxygens (including phenoxy) is 3. The van der Waals surface area contributed by atoms with Crippen LogP contribution >= 0.6 is 15.9 Å². The van der Waals surface area contributed by atoms with Crippen molar-refractivity contribution < 1.29 is 14.2 Å². The van der Waals surface area contributed by atoms with E-state index < -0.39 is 0 Å². The van der Waals surface area contributed by atoms with E-state index in [9.17, 15) is 0 Å². The Labute approximate surface area is 134 Å². The van der Waals surface area contributed by atoms with Crippen LogP contribution < -0.4 is 4.74 Å². The topological polar surface area (TPSA) is 56.2 Å². The summed E-state index contributed by atoms with van der Waals surface area (Å²) in [6, 6.07) is 1.90. The van der Waals surface area contributed by atoms with Crippen LogP contribution in [0.4, 0.5) is 5.69 Å². The molecular weight excluding hydrogens is 338 g/mol. The molecule has 1 heterocycles. The molecule has 0 aliphatic heterocycles. The van der Waals surface area contributed by atoms with Crippen LogP contribution in [0.25, 0.3) is 0 Å². The van der Waals surface area contributed by atoms with Gasteiger partial charge in [0.15, 0.2) is 0 Å². The number of pyridine rings is 1. The summed E-state index contributed by atoms with van der Waals surface area (Å²) in [7, 11) is 3.55. The Kier molecular flexibility index (Phi) is 8.26. The largest absolute Gasteiger partial charge is 0.474 e. The molecule has 0 bridgehead atoms. The molecule has 0 aliphatic rings. The average molecular weight is 360 g/mol. The highest BCUT2D eigenvalue weighted by molar-refractivity contribution is 9.10. The normalized spacial score (nSPS) is 11.1. The zero-order valence-electron chi connectivity index (χ0n) is 12.9. The van der Waals surface area contributed by atoms with E-state index in [0.717, 1.165) is 22.4 Å². The summed E-state index contributed by atoms with van der Waals surface area (Å²) < 4.78 is 16.3. The summed E-state index contributed by atoms with van der Waals surface area (Å²) in [5.41, 5.74) is 1.62. The molecule has 0 N–H and O–H groups in total. The van der Waals surface area contributed by atoms with Gasteiger partial charge in [-0.15, -0.1) is 0 Å². The molecule has 0 amide bonds. The molecule has 1 aromatic heterocycles. The number of hydrogen-bond donors (Lipinski definition) is 0. The zero-order valence-corrected chi connectivity index (χ0v) is 14.5. The summed E-state index contributed by atoms with van der Waals surface area (Å²) in [6.07, 6.45) is 1.79. The Morgan fingerprint density at radius 3 is 2.86 bits per heavy atom. The van der Waals surface area contributed by atoms with Crippen LogP contribution in [0.2, 0.25) is 0 Å². The second kappa shape index (κ2) is 9.70. The molecule has 0 spiro atoms. The van der Waals surface area contributed by atoms with Crippen molar-refractivity contribution in [3.05, 3.63) is 16.2 Å². The Bertz CT molecular complexity index is 469. The molecule has 1 rings (SSSR count). The number of rotatable bonds is 9. The summed E-state index contributed by atoms with van der Waals surface area (Å²) in [4.78, 5) is 10.8. The highest BCUT2D eigenvalue weighted by Crippen LogP contribution is 2.29. The number of methoxy groups -OCH3 is 1. The molecule has 21 heavy (non-hydrogen) atoms. The number of nitrogens with zero attached hydrogens (tertiary/aromatic N) is 3. The van der Waals surface area contributed by atoms with Crippen molar-refractivity contribution in [2.45, 2.75) is 13.8 Å². The third-order valence-electron chi connectivity index (χ3n) is 2.67. The van der Waals surface area contributed by atoms with Crippen molar-refractivity contribution in [3.63, 3.8) is 0 Å². The van der Waals surface area contributed by atoms with Gasteiger partial charge < -0.3 is 19.1 Å². The first-order valence-corrected chi connectivity index (χ1v) is 7.48. The quantitative estimate of drug-likeness (QED) is 0.293. The number of halogens is 1. The van der Waals surface area contributed by atoms with Crippen LogP contribution in [-0.2, 0) is 9.47 Å². The summed E-state index contributed by atoms with van der Waals surface area (Å²) in [5, 5.41) is 0. The van der Waals surface area contributed by atoms with Crippen LogP contribution in [0.15, 0.2) is 15.5 Å². The smallest absolute Gasteiger partial charge is 0.228 e. The lowest BCUT2D eigenvalue weighted by Crippen LogP contribution is -2.14. The molecule has 1 aromatic rings. The standard InChI is InChI=1S/C14H22BrN3O3/c1-5-18(3)9-16-13-8-12(15)14(17-11(13)2)21-7-6-20-10-19-4/h8-9H,5-7,10H2,1-4H3/b16-9+. The van der Waals surface area contributed by atoms with Crippen LogP contribution in [0.5, 0.6) is 5.88 Å². The fourth-order valence-corrected chi connectivity index (χ4v) is 1.78. The lowest BCUT2D eigenvalue weighted by Gasteiger charge is -2.11. The predicted octanol–water partition coefficient (Wildman–Crippen LogP) is 2.76. The van der Waals surface area contributed by atoms with Crippen LogP contribution in [0.1, 0.15) is 12.6 Å². The Morgan fingerprint density at radius 2 is 2.19 bits per heavy atom. The van der Waals surface area contributed by atoms with E-state index in [-0.39, 0.29) is 6.79 Å². The fraction of sp³-hybridized carbons (Fsp3) is 0.571. The second-order valence-corrected chi connectivity index (χ2v) is 5.22. The minimum atomic E-state index is 0.260. The van der Waals surface area contributed by atoms with Crippen molar-refractivity contribution in [1.82, 2.24) is 9.88 Å². The Balaban J connectivity index is 2.64. The molecule has 0 radical (unpaired) electrons. The summed E-state index contributed by atoms with van der Waals surface area (Å²) >= 11 is 3.45. The van der Waals surface area contributed by atoms with Crippen LogP contribution in [0.3, 0.4) is 0 Å². The Hall–Kier alpha value is -1.18. The summed E-state index contributed by atoms with van der Waals surface area (Å²) in [6.45, 7) is 5.99. The molecule has 0 atom stereocenters. The van der Waals surface area contributed by atoms with Gasteiger partial charge in [0.2, 0.25) is 5.88 Å². The highest BCUT2D eigenvalue weighted by atomic mass is 79.9. The lowest BCUT2D eigenvalue weighted by atomic mass is 10.3. The first-order chi connectivity index (χ1) is 10.1. The van der Waals surface area contributed by atoms with Gasteiger partial charge in [-0.1, -0.05) is 0 Å². The maximum absolute atomic E-state index is 5.57. The summed E-state index contributed by atoms with van der Waals surface area (Å²) in [5.74, 6) is 0.538. The number of hydrogen-bond acceptors (Lipinski definition) is 5. The van der Waals surface area contributed by atoms with Crippen molar-refractivity contribution >= 4 is 28.0 Å². The molecule has 0 aromatic carbocycles. The average Bonchev–Trinajstić information content (AvgIpc) is 2.48. The van der Waals surface area contributed by atoms with E-state index in [1.807, 2.05) is 24.9 Å². The molecule has 118 valence electrons. The van der Waals surface area contributed by atoms with Gasteiger partial charge >= 0.3 is 0 Å².